The molecule has 0 aliphatic carbocycles. The van der Waals surface area contributed by atoms with Crippen LogP contribution in [0.4, 0.5) is 0 Å². The average molecular weight is 205 g/mol. The summed E-state index contributed by atoms with van der Waals surface area (Å²) in [4.78, 5) is 10.7. The Bertz CT molecular complexity index is 384. The summed E-state index contributed by atoms with van der Waals surface area (Å²) in [5, 5.41) is 27.4. The summed E-state index contributed by atoms with van der Waals surface area (Å²) in [5.41, 5.74) is 0.664. The quantitative estimate of drug-likeness (QED) is 0.712. The number of benzene rings is 1. The maximum absolute atomic E-state index is 10.7. The first-order chi connectivity index (χ1) is 7.20. The molecule has 2 atom stereocenters. The third-order valence-electron chi connectivity index (χ3n) is 2.11. The average Bonchev–Trinajstić information content (AvgIpc) is 2.28. The molecule has 4 nitrogen and oxygen atoms in total. The van der Waals surface area contributed by atoms with Crippen molar-refractivity contribution in [3.63, 3.8) is 0 Å². The van der Waals surface area contributed by atoms with Crippen LogP contribution >= 0.6 is 0 Å². The van der Waals surface area contributed by atoms with E-state index < -0.39 is 12.2 Å². The maximum atomic E-state index is 10.7. The van der Waals surface area contributed by atoms with Crippen LogP contribution in [-0.2, 0) is 0 Å². The van der Waals surface area contributed by atoms with Crippen LogP contribution < -0.4 is 0 Å². The third kappa shape index (κ3) is 2.62. The summed E-state index contributed by atoms with van der Waals surface area (Å²) in [6.07, 6.45) is -1.94. The van der Waals surface area contributed by atoms with Crippen LogP contribution in [0.1, 0.15) is 28.4 Å². The normalized spacial score (nSPS) is 13.9. The zero-order chi connectivity index (χ0) is 11.3. The number of aldehydes is 1. The molecule has 0 saturated carbocycles. The number of rotatable bonds is 4. The lowest BCUT2D eigenvalue weighted by molar-refractivity contribution is 0.0213. The number of aliphatic hydroxyl groups is 2. The van der Waals surface area contributed by atoms with Gasteiger partial charge >= 0.3 is 0 Å². The lowest BCUT2D eigenvalue weighted by Crippen LogP contribution is -2.18. The number of hydrogen-bond acceptors (Lipinski definition) is 4. The first-order valence-corrected chi connectivity index (χ1v) is 4.48. The molecule has 1 rings (SSSR count). The molecule has 2 N–H and O–H groups in total. The molecule has 0 bridgehead atoms. The van der Waals surface area contributed by atoms with Crippen LogP contribution in [0.3, 0.4) is 0 Å². The molecule has 0 aliphatic heterocycles. The van der Waals surface area contributed by atoms with E-state index in [0.29, 0.717) is 17.4 Å². The second-order valence-electron chi connectivity index (χ2n) is 3.12. The van der Waals surface area contributed by atoms with Crippen LogP contribution in [0.2, 0.25) is 0 Å². The minimum atomic E-state index is -1.20. The Morgan fingerprint density at radius 2 is 2.07 bits per heavy atom. The molecule has 0 fully saturated rings. The Morgan fingerprint density at radius 3 is 2.67 bits per heavy atom. The van der Waals surface area contributed by atoms with E-state index in [1.165, 1.54) is 0 Å². The Hall–Kier alpha value is -1.70. The monoisotopic (exact) mass is 205 g/mol. The van der Waals surface area contributed by atoms with Gasteiger partial charge in [0.1, 0.15) is 12.4 Å². The molecule has 15 heavy (non-hydrogen) atoms. The van der Waals surface area contributed by atoms with Crippen molar-refractivity contribution in [1.82, 2.24) is 0 Å². The van der Waals surface area contributed by atoms with E-state index in [1.807, 2.05) is 0 Å². The summed E-state index contributed by atoms with van der Waals surface area (Å²) in [6.45, 7) is 0. The van der Waals surface area contributed by atoms with Gasteiger partial charge in [-0.1, -0.05) is 24.3 Å². The van der Waals surface area contributed by atoms with Crippen LogP contribution in [0.25, 0.3) is 0 Å². The molecule has 1 aromatic carbocycles. The van der Waals surface area contributed by atoms with E-state index in [9.17, 15) is 15.0 Å². The van der Waals surface area contributed by atoms with Crippen LogP contribution in [0, 0.1) is 11.3 Å². The molecule has 4 heteroatoms. The predicted octanol–water partition coefficient (Wildman–Crippen LogP) is 0.807. The number of carbonyl (C=O) groups is 1. The molecule has 0 amide bonds. The van der Waals surface area contributed by atoms with Gasteiger partial charge in [0.05, 0.1) is 18.6 Å². The maximum Gasteiger partial charge on any atom is 0.150 e. The Kier molecular flexibility index (Phi) is 3.98. The largest absolute Gasteiger partial charge is 0.389 e. The van der Waals surface area contributed by atoms with Crippen molar-refractivity contribution in [2.24, 2.45) is 0 Å². The van der Waals surface area contributed by atoms with E-state index in [0.717, 1.165) is 0 Å². The van der Waals surface area contributed by atoms with Gasteiger partial charge in [0.25, 0.3) is 0 Å². The van der Waals surface area contributed by atoms with Gasteiger partial charge in [-0.3, -0.25) is 4.79 Å². The van der Waals surface area contributed by atoms with Gasteiger partial charge < -0.3 is 10.2 Å². The second kappa shape index (κ2) is 5.25. The van der Waals surface area contributed by atoms with Crippen LogP contribution in [-0.4, -0.2) is 22.6 Å². The zero-order valence-electron chi connectivity index (χ0n) is 8.00. The molecule has 0 saturated heterocycles. The number of nitrogens with zero attached hydrogens (tertiary/aromatic N) is 1. The Morgan fingerprint density at radius 1 is 1.40 bits per heavy atom. The summed E-state index contributed by atoms with van der Waals surface area (Å²) in [5.74, 6) is 0. The SMILES string of the molecule is N#CCC(O)C(O)c1ccccc1C=O. The number of aliphatic hydroxyl groups excluding tert-OH is 2. The second-order valence-corrected chi connectivity index (χ2v) is 3.12. The highest BCUT2D eigenvalue weighted by Gasteiger charge is 2.20. The molecule has 0 radical (unpaired) electrons. The van der Waals surface area contributed by atoms with Crippen LogP contribution in [0.15, 0.2) is 24.3 Å². The van der Waals surface area contributed by atoms with Crippen molar-refractivity contribution in [3.8, 4) is 6.07 Å². The molecule has 0 spiro atoms. The van der Waals surface area contributed by atoms with Crippen molar-refractivity contribution in [1.29, 1.82) is 5.26 Å². The molecular weight excluding hydrogens is 194 g/mol. The summed E-state index contributed by atoms with van der Waals surface area (Å²) in [6, 6.07) is 8.17. The summed E-state index contributed by atoms with van der Waals surface area (Å²) in [7, 11) is 0. The molecule has 0 aliphatic rings. The van der Waals surface area contributed by atoms with Gasteiger partial charge in [-0.15, -0.1) is 0 Å². The fourth-order valence-corrected chi connectivity index (χ4v) is 1.30. The number of hydrogen-bond donors (Lipinski definition) is 2. The lowest BCUT2D eigenvalue weighted by atomic mass is 9.98. The van der Waals surface area contributed by atoms with Gasteiger partial charge in [-0.2, -0.15) is 5.26 Å². The zero-order valence-corrected chi connectivity index (χ0v) is 8.00. The minimum Gasteiger partial charge on any atom is -0.389 e. The van der Waals surface area contributed by atoms with Gasteiger partial charge in [-0.05, 0) is 5.56 Å². The Labute approximate surface area is 87.4 Å². The standard InChI is InChI=1S/C11H11NO3/c12-6-5-10(14)11(15)9-4-2-1-3-8(9)7-13/h1-4,7,10-11,14-15H,5H2. The molecule has 0 heterocycles. The van der Waals surface area contributed by atoms with Crippen molar-refractivity contribution in [3.05, 3.63) is 35.4 Å². The van der Waals surface area contributed by atoms with Crippen molar-refractivity contribution >= 4 is 6.29 Å². The minimum absolute atomic E-state index is 0.172. The van der Waals surface area contributed by atoms with E-state index in [4.69, 9.17) is 5.26 Å². The van der Waals surface area contributed by atoms with E-state index in [1.54, 1.807) is 30.3 Å². The highest BCUT2D eigenvalue weighted by Crippen LogP contribution is 2.21. The lowest BCUT2D eigenvalue weighted by Gasteiger charge is -2.16. The summed E-state index contributed by atoms with van der Waals surface area (Å²) < 4.78 is 0. The Balaban J connectivity index is 2.95. The molecular formula is C11H11NO3. The highest BCUT2D eigenvalue weighted by atomic mass is 16.3. The molecule has 0 aromatic heterocycles. The molecule has 78 valence electrons. The number of nitriles is 1. The predicted molar refractivity (Wildman–Crippen MR) is 53.0 cm³/mol. The first-order valence-electron chi connectivity index (χ1n) is 4.48. The van der Waals surface area contributed by atoms with Gasteiger partial charge in [0.15, 0.2) is 0 Å². The van der Waals surface area contributed by atoms with Crippen molar-refractivity contribution in [2.45, 2.75) is 18.6 Å². The topological polar surface area (TPSA) is 81.3 Å². The van der Waals surface area contributed by atoms with Crippen LogP contribution in [0.5, 0.6) is 0 Å². The summed E-state index contributed by atoms with van der Waals surface area (Å²) >= 11 is 0. The smallest absolute Gasteiger partial charge is 0.150 e. The van der Waals surface area contributed by atoms with Gasteiger partial charge in [-0.25, -0.2) is 0 Å². The van der Waals surface area contributed by atoms with E-state index in [2.05, 4.69) is 0 Å². The molecule has 1 aromatic rings. The fraction of sp³-hybridized carbons (Fsp3) is 0.273. The third-order valence-corrected chi connectivity index (χ3v) is 2.11. The van der Waals surface area contributed by atoms with Gasteiger partial charge in [0.2, 0.25) is 0 Å². The first kappa shape index (κ1) is 11.4. The molecule has 2 unspecified atom stereocenters. The van der Waals surface area contributed by atoms with Crippen molar-refractivity contribution in [2.75, 3.05) is 0 Å². The fourth-order valence-electron chi connectivity index (χ4n) is 1.30. The van der Waals surface area contributed by atoms with E-state index in [-0.39, 0.29) is 6.42 Å². The van der Waals surface area contributed by atoms with E-state index >= 15 is 0 Å². The van der Waals surface area contributed by atoms with Gasteiger partial charge in [0, 0.05) is 5.56 Å². The number of carbonyl (C=O) groups excluding carboxylic acids is 1. The highest BCUT2D eigenvalue weighted by molar-refractivity contribution is 5.77. The van der Waals surface area contributed by atoms with Crippen molar-refractivity contribution < 1.29 is 15.0 Å².